The van der Waals surface area contributed by atoms with Gasteiger partial charge in [0.1, 0.15) is 11.5 Å². The fourth-order valence-electron chi connectivity index (χ4n) is 5.26. The Balaban J connectivity index is 1.62. The Morgan fingerprint density at radius 3 is 2.35 bits per heavy atom. The highest BCUT2D eigenvalue weighted by atomic mass is 16.5. The summed E-state index contributed by atoms with van der Waals surface area (Å²) in [4.78, 5) is 32.0. The summed E-state index contributed by atoms with van der Waals surface area (Å²) in [5.74, 6) is -0.982. The van der Waals surface area contributed by atoms with Crippen LogP contribution in [0.5, 0.6) is 5.75 Å². The number of aliphatic hydroxyl groups excluding tert-OH is 1. The standard InChI is InChI=1S/C31H24N2O4/c1-18-26(24-9-5-6-10-25(24)32-18)28-27(29(34)21-12-11-19-7-3-4-8-20(19)17-21)30(35)31(36)33(28)22-13-15-23(37-2)16-14-22/h3-17,28,32,34H,1-2H3/b29-27+. The SMILES string of the molecule is COc1ccc(N2C(=O)C(=O)/C(=C(/O)c3ccc4ccccc4c3)C2c2c(C)[nH]c3ccccc23)cc1. The van der Waals surface area contributed by atoms with Crippen LogP contribution in [0.2, 0.25) is 0 Å². The number of H-pyrrole nitrogens is 1. The molecule has 1 aliphatic heterocycles. The number of Topliss-reactive ketones (excluding diaryl/α,β-unsaturated/α-hetero) is 1. The lowest BCUT2D eigenvalue weighted by Gasteiger charge is -2.26. The molecule has 4 aromatic carbocycles. The third-order valence-corrected chi connectivity index (χ3v) is 7.03. The van der Waals surface area contributed by atoms with E-state index in [4.69, 9.17) is 4.74 Å². The Labute approximate surface area is 213 Å². The molecule has 6 rings (SSSR count). The third-order valence-electron chi connectivity index (χ3n) is 7.03. The van der Waals surface area contributed by atoms with Crippen LogP contribution >= 0.6 is 0 Å². The predicted octanol–water partition coefficient (Wildman–Crippen LogP) is 6.26. The number of aryl methyl sites for hydroxylation is 1. The number of amides is 1. The minimum absolute atomic E-state index is 0.0592. The van der Waals surface area contributed by atoms with E-state index >= 15 is 0 Å². The topological polar surface area (TPSA) is 82.6 Å². The first kappa shape index (κ1) is 22.6. The van der Waals surface area contributed by atoms with Gasteiger partial charge in [0.25, 0.3) is 11.7 Å². The van der Waals surface area contributed by atoms with Crippen molar-refractivity contribution in [2.45, 2.75) is 13.0 Å². The largest absolute Gasteiger partial charge is 0.507 e. The second kappa shape index (κ2) is 8.68. The van der Waals surface area contributed by atoms with Crippen molar-refractivity contribution in [2.75, 3.05) is 12.0 Å². The number of fused-ring (bicyclic) bond motifs is 2. The van der Waals surface area contributed by atoms with Gasteiger partial charge >= 0.3 is 0 Å². The van der Waals surface area contributed by atoms with Gasteiger partial charge in [0.15, 0.2) is 0 Å². The first-order valence-electron chi connectivity index (χ1n) is 12.0. The van der Waals surface area contributed by atoms with Gasteiger partial charge < -0.3 is 14.8 Å². The van der Waals surface area contributed by atoms with E-state index < -0.39 is 17.7 Å². The zero-order valence-electron chi connectivity index (χ0n) is 20.4. The lowest BCUT2D eigenvalue weighted by molar-refractivity contribution is -0.132. The normalized spacial score (nSPS) is 17.1. The fraction of sp³-hybridized carbons (Fsp3) is 0.0968. The Morgan fingerprint density at radius 1 is 0.892 bits per heavy atom. The smallest absolute Gasteiger partial charge is 0.300 e. The number of anilines is 1. The average molecular weight is 489 g/mol. The maximum absolute atomic E-state index is 13.6. The van der Waals surface area contributed by atoms with Gasteiger partial charge in [-0.3, -0.25) is 14.5 Å². The molecule has 1 fully saturated rings. The number of hydrogen-bond donors (Lipinski definition) is 2. The van der Waals surface area contributed by atoms with Crippen LogP contribution in [0, 0.1) is 6.92 Å². The number of nitrogens with zero attached hydrogens (tertiary/aromatic N) is 1. The molecule has 5 aromatic rings. The summed E-state index contributed by atoms with van der Waals surface area (Å²) in [5, 5.41) is 14.4. The predicted molar refractivity (Wildman–Crippen MR) is 145 cm³/mol. The van der Waals surface area contributed by atoms with Crippen LogP contribution in [0.3, 0.4) is 0 Å². The molecule has 6 heteroatoms. The molecule has 0 saturated carbocycles. The zero-order valence-corrected chi connectivity index (χ0v) is 20.4. The van der Waals surface area contributed by atoms with E-state index in [0.717, 1.165) is 32.9 Å². The van der Waals surface area contributed by atoms with Crippen LogP contribution in [0.25, 0.3) is 27.4 Å². The van der Waals surface area contributed by atoms with E-state index in [-0.39, 0.29) is 11.3 Å². The van der Waals surface area contributed by atoms with Gasteiger partial charge in [0.2, 0.25) is 0 Å². The van der Waals surface area contributed by atoms with Crippen LogP contribution in [0.1, 0.15) is 22.9 Å². The number of ketones is 1. The second-order valence-electron chi connectivity index (χ2n) is 9.14. The molecule has 1 amide bonds. The molecule has 0 spiro atoms. The van der Waals surface area contributed by atoms with Gasteiger partial charge in [0.05, 0.1) is 18.7 Å². The molecule has 182 valence electrons. The molecule has 1 aliphatic rings. The first-order valence-corrected chi connectivity index (χ1v) is 12.0. The number of rotatable bonds is 4. The minimum Gasteiger partial charge on any atom is -0.507 e. The molecule has 1 unspecified atom stereocenters. The van der Waals surface area contributed by atoms with Crippen molar-refractivity contribution in [2.24, 2.45) is 0 Å². The monoisotopic (exact) mass is 488 g/mol. The van der Waals surface area contributed by atoms with Crippen LogP contribution in [0.4, 0.5) is 5.69 Å². The highest BCUT2D eigenvalue weighted by Crippen LogP contribution is 2.45. The van der Waals surface area contributed by atoms with Crippen molar-refractivity contribution in [1.82, 2.24) is 4.98 Å². The molecule has 6 nitrogen and oxygen atoms in total. The molecule has 1 saturated heterocycles. The molecule has 2 N–H and O–H groups in total. The third kappa shape index (κ3) is 3.57. The summed E-state index contributed by atoms with van der Waals surface area (Å²) in [7, 11) is 1.57. The fourth-order valence-corrected chi connectivity index (χ4v) is 5.26. The van der Waals surface area contributed by atoms with Gasteiger partial charge in [-0.15, -0.1) is 0 Å². The second-order valence-corrected chi connectivity index (χ2v) is 9.14. The number of benzene rings is 4. The van der Waals surface area contributed by atoms with Crippen molar-refractivity contribution in [3.8, 4) is 5.75 Å². The number of carbonyl (C=O) groups is 2. The highest BCUT2D eigenvalue weighted by Gasteiger charge is 2.48. The maximum atomic E-state index is 13.6. The first-order chi connectivity index (χ1) is 18.0. The minimum atomic E-state index is -0.823. The van der Waals surface area contributed by atoms with Gasteiger partial charge in [-0.25, -0.2) is 0 Å². The van der Waals surface area contributed by atoms with E-state index in [9.17, 15) is 14.7 Å². The van der Waals surface area contributed by atoms with Crippen LogP contribution < -0.4 is 9.64 Å². The Kier molecular flexibility index (Phi) is 5.30. The number of hydrogen-bond acceptors (Lipinski definition) is 4. The Morgan fingerprint density at radius 2 is 1.59 bits per heavy atom. The van der Waals surface area contributed by atoms with Gasteiger partial charge in [-0.1, -0.05) is 54.6 Å². The molecular formula is C31H24N2O4. The molecular weight excluding hydrogens is 464 g/mol. The quantitative estimate of drug-likeness (QED) is 0.178. The van der Waals surface area contributed by atoms with E-state index in [0.29, 0.717) is 17.0 Å². The molecule has 0 aliphatic carbocycles. The number of nitrogens with one attached hydrogen (secondary N) is 1. The summed E-state index contributed by atoms with van der Waals surface area (Å²) in [6.45, 7) is 1.92. The Hall–Kier alpha value is -4.84. The van der Waals surface area contributed by atoms with Crippen molar-refractivity contribution in [3.05, 3.63) is 113 Å². The van der Waals surface area contributed by atoms with Crippen LogP contribution in [-0.4, -0.2) is 28.9 Å². The van der Waals surface area contributed by atoms with E-state index in [1.807, 2.05) is 67.6 Å². The molecule has 0 radical (unpaired) electrons. The maximum Gasteiger partial charge on any atom is 0.300 e. The van der Waals surface area contributed by atoms with Gasteiger partial charge in [-0.05, 0) is 54.1 Å². The number of para-hydroxylation sites is 1. The molecule has 1 atom stereocenters. The van der Waals surface area contributed by atoms with Crippen LogP contribution in [-0.2, 0) is 9.59 Å². The van der Waals surface area contributed by atoms with Crippen LogP contribution in [0.15, 0.2) is 96.6 Å². The average Bonchev–Trinajstić information content (AvgIpc) is 3.39. The molecule has 2 heterocycles. The Bertz CT molecular complexity index is 1730. The number of carbonyl (C=O) groups excluding carboxylic acids is 2. The number of methoxy groups -OCH3 is 1. The van der Waals surface area contributed by atoms with E-state index in [2.05, 4.69) is 4.98 Å². The summed E-state index contributed by atoms with van der Waals surface area (Å²) < 4.78 is 5.28. The highest BCUT2D eigenvalue weighted by molar-refractivity contribution is 6.52. The van der Waals surface area contributed by atoms with Crippen molar-refractivity contribution >= 4 is 44.8 Å². The zero-order chi connectivity index (χ0) is 25.7. The number of aromatic amines is 1. The summed E-state index contributed by atoms with van der Waals surface area (Å²) >= 11 is 0. The number of aliphatic hydroxyl groups is 1. The lowest BCUT2D eigenvalue weighted by atomic mass is 9.92. The summed E-state index contributed by atoms with van der Waals surface area (Å²) in [6, 6.07) is 27.2. The number of ether oxygens (including phenoxy) is 1. The summed E-state index contributed by atoms with van der Waals surface area (Å²) in [6.07, 6.45) is 0. The van der Waals surface area contributed by atoms with Crippen molar-refractivity contribution in [3.63, 3.8) is 0 Å². The molecule has 1 aromatic heterocycles. The van der Waals surface area contributed by atoms with Gasteiger partial charge in [0, 0.05) is 33.4 Å². The van der Waals surface area contributed by atoms with E-state index in [1.54, 1.807) is 37.4 Å². The van der Waals surface area contributed by atoms with Gasteiger partial charge in [-0.2, -0.15) is 0 Å². The number of aromatic nitrogens is 1. The molecule has 37 heavy (non-hydrogen) atoms. The molecule has 0 bridgehead atoms. The van der Waals surface area contributed by atoms with Crippen molar-refractivity contribution < 1.29 is 19.4 Å². The van der Waals surface area contributed by atoms with E-state index in [1.165, 1.54) is 4.90 Å². The lowest BCUT2D eigenvalue weighted by Crippen LogP contribution is -2.29. The summed E-state index contributed by atoms with van der Waals surface area (Å²) in [5.41, 5.74) is 3.55. The van der Waals surface area contributed by atoms with Crippen molar-refractivity contribution in [1.29, 1.82) is 0 Å².